The van der Waals surface area contributed by atoms with E-state index in [1.165, 1.54) is 12.1 Å². The van der Waals surface area contributed by atoms with Gasteiger partial charge in [0, 0.05) is 23.7 Å². The number of guanidine groups is 1. The van der Waals surface area contributed by atoms with Crippen molar-refractivity contribution < 1.29 is 8.42 Å². The number of rotatable bonds is 4. The van der Waals surface area contributed by atoms with Gasteiger partial charge in [0.2, 0.25) is 5.96 Å². The van der Waals surface area contributed by atoms with Gasteiger partial charge in [-0.05, 0) is 30.7 Å². The quantitative estimate of drug-likeness (QED) is 0.623. The van der Waals surface area contributed by atoms with E-state index in [0.29, 0.717) is 11.6 Å². The van der Waals surface area contributed by atoms with Crippen molar-refractivity contribution in [3.05, 3.63) is 65.2 Å². The van der Waals surface area contributed by atoms with Crippen molar-refractivity contribution in [3.63, 3.8) is 0 Å². The molecule has 142 valence electrons. The van der Waals surface area contributed by atoms with Crippen molar-refractivity contribution in [1.29, 1.82) is 0 Å². The van der Waals surface area contributed by atoms with Crippen LogP contribution in [0.3, 0.4) is 0 Å². The van der Waals surface area contributed by atoms with Crippen LogP contribution >= 0.6 is 11.6 Å². The van der Waals surface area contributed by atoms with Crippen LogP contribution in [0, 0.1) is 5.92 Å². The van der Waals surface area contributed by atoms with Crippen LogP contribution in [0.1, 0.15) is 25.5 Å². The maximum Gasteiger partial charge on any atom is 0.285 e. The largest absolute Gasteiger partial charge is 0.354 e. The Morgan fingerprint density at radius 1 is 1.22 bits per heavy atom. The van der Waals surface area contributed by atoms with Gasteiger partial charge in [0.25, 0.3) is 10.0 Å². The number of halogens is 1. The number of benzene rings is 2. The molecule has 0 saturated heterocycles. The monoisotopic (exact) mass is 404 g/mol. The summed E-state index contributed by atoms with van der Waals surface area (Å²) in [5.74, 6) is 0.289. The number of hydrogen-bond acceptors (Lipinski definition) is 3. The van der Waals surface area contributed by atoms with E-state index in [0.717, 1.165) is 5.56 Å². The van der Waals surface area contributed by atoms with Crippen LogP contribution in [-0.4, -0.2) is 32.1 Å². The fraction of sp³-hybridized carbons (Fsp3) is 0.263. The Morgan fingerprint density at radius 2 is 1.96 bits per heavy atom. The molecule has 2 aromatic carbocycles. The van der Waals surface area contributed by atoms with Gasteiger partial charge in [0.1, 0.15) is 0 Å². The minimum absolute atomic E-state index is 0.0397. The highest BCUT2D eigenvalue weighted by molar-refractivity contribution is 7.90. The third-order valence-electron chi connectivity index (χ3n) is 4.18. The Hall–Kier alpha value is -2.38. The lowest BCUT2D eigenvalue weighted by atomic mass is 9.96. The third kappa shape index (κ3) is 4.31. The van der Waals surface area contributed by atoms with Gasteiger partial charge in [0.05, 0.1) is 10.9 Å². The van der Waals surface area contributed by atoms with Crippen molar-refractivity contribution in [3.8, 4) is 0 Å². The van der Waals surface area contributed by atoms with Crippen molar-refractivity contribution >= 4 is 33.8 Å². The van der Waals surface area contributed by atoms with Gasteiger partial charge in [0.15, 0.2) is 0 Å². The first kappa shape index (κ1) is 19.4. The Morgan fingerprint density at radius 3 is 2.63 bits per heavy atom. The average molecular weight is 405 g/mol. The van der Waals surface area contributed by atoms with Crippen molar-refractivity contribution in [1.82, 2.24) is 10.3 Å². The summed E-state index contributed by atoms with van der Waals surface area (Å²) in [5.41, 5.74) is 1.04. The van der Waals surface area contributed by atoms with E-state index >= 15 is 0 Å². The highest BCUT2D eigenvalue weighted by Crippen LogP contribution is 2.32. The molecule has 0 fully saturated rings. The first-order chi connectivity index (χ1) is 12.9. The van der Waals surface area contributed by atoms with Crippen molar-refractivity contribution in [2.75, 3.05) is 6.54 Å². The Labute approximate surface area is 164 Å². The number of sulfonamides is 1. The summed E-state index contributed by atoms with van der Waals surface area (Å²) in [6, 6.07) is 15.8. The van der Waals surface area contributed by atoms with E-state index in [4.69, 9.17) is 11.6 Å². The molecule has 0 aromatic heterocycles. The molecule has 0 aliphatic carbocycles. The molecule has 0 radical (unpaired) electrons. The number of hydrazone groups is 1. The van der Waals surface area contributed by atoms with E-state index in [-0.39, 0.29) is 22.8 Å². The molecule has 27 heavy (non-hydrogen) atoms. The maximum absolute atomic E-state index is 12.8. The lowest BCUT2D eigenvalue weighted by molar-refractivity contribution is 0.318. The van der Waals surface area contributed by atoms with E-state index in [9.17, 15) is 8.42 Å². The van der Waals surface area contributed by atoms with Crippen molar-refractivity contribution in [2.45, 2.75) is 24.8 Å². The molecular weight excluding hydrogens is 384 g/mol. The standard InChI is InChI=1S/C19H21ClN4O2S/c1-3-21-19(23-27(25,26)17-11-7-10-16(20)12-17)24-18(14(2)13-22-24)15-8-5-4-6-9-15/h4-14,18H,3H2,1-2H3,(H,21,23). The zero-order valence-corrected chi connectivity index (χ0v) is 16.7. The van der Waals surface area contributed by atoms with Crippen LogP contribution in [0.25, 0.3) is 0 Å². The van der Waals surface area contributed by atoms with E-state index < -0.39 is 10.0 Å². The zero-order chi connectivity index (χ0) is 19.4. The molecule has 8 heteroatoms. The lowest BCUT2D eigenvalue weighted by Crippen LogP contribution is -2.40. The van der Waals surface area contributed by atoms with E-state index in [2.05, 4.69) is 14.8 Å². The molecule has 6 nitrogen and oxygen atoms in total. The summed E-state index contributed by atoms with van der Waals surface area (Å²) in [4.78, 5) is 0.0397. The molecular formula is C19H21ClN4O2S. The fourth-order valence-electron chi connectivity index (χ4n) is 2.94. The van der Waals surface area contributed by atoms with E-state index in [1.807, 2.05) is 44.2 Å². The smallest absolute Gasteiger partial charge is 0.285 e. The number of nitrogens with one attached hydrogen (secondary N) is 1. The molecule has 1 aliphatic heterocycles. The first-order valence-corrected chi connectivity index (χ1v) is 10.5. The zero-order valence-electron chi connectivity index (χ0n) is 15.1. The third-order valence-corrected chi connectivity index (χ3v) is 5.68. The molecule has 2 aromatic rings. The van der Waals surface area contributed by atoms with Crippen LogP contribution in [0.15, 0.2) is 69.0 Å². The minimum Gasteiger partial charge on any atom is -0.354 e. The van der Waals surface area contributed by atoms with Crippen LogP contribution < -0.4 is 5.32 Å². The van der Waals surface area contributed by atoms with Crippen LogP contribution in [-0.2, 0) is 10.0 Å². The topological polar surface area (TPSA) is 74.1 Å². The highest BCUT2D eigenvalue weighted by Gasteiger charge is 2.33. The highest BCUT2D eigenvalue weighted by atomic mass is 35.5. The molecule has 0 bridgehead atoms. The molecule has 0 saturated carbocycles. The molecule has 3 rings (SSSR count). The SMILES string of the molecule is CCN/C(=N\S(=O)(=O)c1cccc(Cl)c1)N1N=CC(C)C1c1ccccc1. The summed E-state index contributed by atoms with van der Waals surface area (Å²) in [5, 5.41) is 9.42. The summed E-state index contributed by atoms with van der Waals surface area (Å²) in [7, 11) is -3.94. The predicted octanol–water partition coefficient (Wildman–Crippen LogP) is 3.67. The molecule has 2 unspecified atom stereocenters. The lowest BCUT2D eigenvalue weighted by Gasteiger charge is -2.27. The molecule has 1 heterocycles. The second-order valence-electron chi connectivity index (χ2n) is 6.20. The number of nitrogens with zero attached hydrogens (tertiary/aromatic N) is 3. The van der Waals surface area contributed by atoms with Gasteiger partial charge in [-0.1, -0.05) is 54.9 Å². The second kappa shape index (κ2) is 8.10. The van der Waals surface area contributed by atoms with Gasteiger partial charge in [-0.15, -0.1) is 4.40 Å². The number of hydrogen-bond donors (Lipinski definition) is 1. The summed E-state index contributed by atoms with van der Waals surface area (Å²) >= 11 is 5.94. The molecule has 1 aliphatic rings. The molecule has 1 N–H and O–H groups in total. The molecule has 2 atom stereocenters. The molecule has 0 amide bonds. The summed E-state index contributed by atoms with van der Waals surface area (Å²) in [6.45, 7) is 4.42. The summed E-state index contributed by atoms with van der Waals surface area (Å²) in [6.07, 6.45) is 1.80. The predicted molar refractivity (Wildman–Crippen MR) is 108 cm³/mol. The van der Waals surface area contributed by atoms with Crippen molar-refractivity contribution in [2.24, 2.45) is 15.4 Å². The second-order valence-corrected chi connectivity index (χ2v) is 8.24. The van der Waals surface area contributed by atoms with Crippen LogP contribution in [0.2, 0.25) is 5.02 Å². The van der Waals surface area contributed by atoms with Gasteiger partial charge in [-0.2, -0.15) is 13.5 Å². The Balaban J connectivity index is 2.01. The normalized spacial score (nSPS) is 20.1. The maximum atomic E-state index is 12.8. The van der Waals surface area contributed by atoms with Gasteiger partial charge in [-0.25, -0.2) is 5.01 Å². The van der Waals surface area contributed by atoms with Crippen LogP contribution in [0.4, 0.5) is 0 Å². The fourth-order valence-corrected chi connectivity index (χ4v) is 4.20. The van der Waals surface area contributed by atoms with E-state index in [1.54, 1.807) is 23.4 Å². The minimum atomic E-state index is -3.94. The average Bonchev–Trinajstić information content (AvgIpc) is 3.03. The Kier molecular flexibility index (Phi) is 5.82. The van der Waals surface area contributed by atoms with Gasteiger partial charge < -0.3 is 5.32 Å². The Bertz CT molecular complexity index is 961. The van der Waals surface area contributed by atoms with Gasteiger partial charge in [-0.3, -0.25) is 0 Å². The first-order valence-electron chi connectivity index (χ1n) is 8.65. The summed E-state index contributed by atoms with van der Waals surface area (Å²) < 4.78 is 29.6. The van der Waals surface area contributed by atoms with Crippen LogP contribution in [0.5, 0.6) is 0 Å². The van der Waals surface area contributed by atoms with Gasteiger partial charge >= 0.3 is 0 Å². The molecule has 0 spiro atoms.